The van der Waals surface area contributed by atoms with Gasteiger partial charge >= 0.3 is 0 Å². The van der Waals surface area contributed by atoms with E-state index >= 15 is 0 Å². The monoisotopic (exact) mass is 509 g/mol. The quantitative estimate of drug-likeness (QED) is 0.500. The molecular weight excluding hydrogens is 478 g/mol. The molecule has 0 spiro atoms. The van der Waals surface area contributed by atoms with Gasteiger partial charge in [-0.05, 0) is 44.0 Å². The van der Waals surface area contributed by atoms with E-state index in [9.17, 15) is 18.0 Å². The van der Waals surface area contributed by atoms with Crippen LogP contribution in [0, 0.1) is 0 Å². The van der Waals surface area contributed by atoms with Crippen LogP contribution in [0.3, 0.4) is 0 Å². The van der Waals surface area contributed by atoms with Crippen LogP contribution in [0.4, 0.5) is 5.69 Å². The van der Waals surface area contributed by atoms with Crippen LogP contribution in [0.5, 0.6) is 5.75 Å². The summed E-state index contributed by atoms with van der Waals surface area (Å²) >= 11 is 6.33. The first kappa shape index (κ1) is 27.5. The van der Waals surface area contributed by atoms with E-state index in [2.05, 4.69) is 5.32 Å². The van der Waals surface area contributed by atoms with Crippen molar-refractivity contribution in [2.24, 2.45) is 0 Å². The highest BCUT2D eigenvalue weighted by Gasteiger charge is 2.32. The number of nitrogens with zero attached hydrogens (tertiary/aromatic N) is 2. The smallest absolute Gasteiger partial charge is 0.244 e. The second-order valence-corrected chi connectivity index (χ2v) is 10.5. The fourth-order valence-corrected chi connectivity index (χ4v) is 4.53. The molecule has 0 aliphatic heterocycles. The van der Waals surface area contributed by atoms with Crippen molar-refractivity contribution in [2.45, 2.75) is 45.8 Å². The zero-order valence-electron chi connectivity index (χ0n) is 20.1. The molecule has 186 valence electrons. The number of rotatable bonds is 11. The number of nitrogens with one attached hydrogen (secondary N) is 1. The number of hydrogen-bond donors (Lipinski definition) is 1. The first-order valence-corrected chi connectivity index (χ1v) is 13.2. The minimum Gasteiger partial charge on any atom is -0.497 e. The maximum atomic E-state index is 13.6. The van der Waals surface area contributed by atoms with Crippen molar-refractivity contribution in [3.63, 3.8) is 0 Å². The Morgan fingerprint density at radius 3 is 2.35 bits per heavy atom. The standard InChI is InChI=1S/C24H32ClN3O5S/c1-6-22(24(30)26-17(2)3)27(15-18-10-7-8-13-21(18)25)23(29)16-28(34(5,31)32)19-11-9-12-20(14-19)33-4/h7-14,17,22H,6,15-16H2,1-5H3,(H,26,30)/t22-/m0/s1. The third kappa shape index (κ3) is 7.36. The van der Waals surface area contributed by atoms with Gasteiger partial charge in [-0.3, -0.25) is 13.9 Å². The Bertz CT molecular complexity index is 1110. The van der Waals surface area contributed by atoms with Crippen LogP contribution in [0.25, 0.3) is 0 Å². The number of carbonyl (C=O) groups is 2. The first-order chi connectivity index (χ1) is 16.0. The van der Waals surface area contributed by atoms with Gasteiger partial charge in [0.2, 0.25) is 21.8 Å². The Hall–Kier alpha value is -2.78. The zero-order chi connectivity index (χ0) is 25.5. The SMILES string of the molecule is CC[C@@H](C(=O)NC(C)C)N(Cc1ccccc1Cl)C(=O)CN(c1cccc(OC)c1)S(C)(=O)=O. The second kappa shape index (κ2) is 12.1. The summed E-state index contributed by atoms with van der Waals surface area (Å²) in [7, 11) is -2.35. The van der Waals surface area contributed by atoms with Gasteiger partial charge in [0.05, 0.1) is 19.1 Å². The Morgan fingerprint density at radius 2 is 1.79 bits per heavy atom. The molecule has 0 radical (unpaired) electrons. The van der Waals surface area contributed by atoms with E-state index in [-0.39, 0.29) is 24.2 Å². The van der Waals surface area contributed by atoms with Crippen molar-refractivity contribution in [3.05, 3.63) is 59.1 Å². The van der Waals surface area contributed by atoms with E-state index in [4.69, 9.17) is 16.3 Å². The molecule has 0 heterocycles. The maximum Gasteiger partial charge on any atom is 0.244 e. The highest BCUT2D eigenvalue weighted by molar-refractivity contribution is 7.92. The van der Waals surface area contributed by atoms with Crippen molar-refractivity contribution in [2.75, 3.05) is 24.2 Å². The first-order valence-electron chi connectivity index (χ1n) is 10.9. The van der Waals surface area contributed by atoms with Crippen molar-refractivity contribution in [3.8, 4) is 5.75 Å². The average Bonchev–Trinajstić information content (AvgIpc) is 2.77. The summed E-state index contributed by atoms with van der Waals surface area (Å²) in [5.41, 5.74) is 0.938. The number of hydrogen-bond acceptors (Lipinski definition) is 5. The minimum atomic E-state index is -3.82. The third-order valence-corrected chi connectivity index (χ3v) is 6.65. The number of ether oxygens (including phenoxy) is 1. The molecule has 0 bridgehead atoms. The van der Waals surface area contributed by atoms with E-state index in [0.717, 1.165) is 10.6 Å². The molecule has 0 aliphatic rings. The summed E-state index contributed by atoms with van der Waals surface area (Å²) < 4.78 is 31.5. The normalized spacial score (nSPS) is 12.2. The predicted octanol–water partition coefficient (Wildman–Crippen LogP) is 3.45. The molecule has 34 heavy (non-hydrogen) atoms. The van der Waals surface area contributed by atoms with Crippen LogP contribution in [0.15, 0.2) is 48.5 Å². The van der Waals surface area contributed by atoms with Gasteiger partial charge in [0.1, 0.15) is 18.3 Å². The lowest BCUT2D eigenvalue weighted by Gasteiger charge is -2.33. The molecule has 10 heteroatoms. The lowest BCUT2D eigenvalue weighted by atomic mass is 10.1. The molecule has 2 aromatic carbocycles. The van der Waals surface area contributed by atoms with Gasteiger partial charge in [-0.15, -0.1) is 0 Å². The van der Waals surface area contributed by atoms with Crippen LogP contribution in [0.1, 0.15) is 32.8 Å². The third-order valence-electron chi connectivity index (χ3n) is 5.14. The predicted molar refractivity (Wildman–Crippen MR) is 135 cm³/mol. The van der Waals surface area contributed by atoms with E-state index in [1.807, 2.05) is 13.8 Å². The Balaban J connectivity index is 2.47. The van der Waals surface area contributed by atoms with Gasteiger partial charge < -0.3 is 15.0 Å². The summed E-state index contributed by atoms with van der Waals surface area (Å²) in [5, 5.41) is 3.30. The van der Waals surface area contributed by atoms with Gasteiger partial charge in [0.15, 0.2) is 0 Å². The van der Waals surface area contributed by atoms with Crippen molar-refractivity contribution < 1.29 is 22.7 Å². The number of carbonyl (C=O) groups excluding carboxylic acids is 2. The minimum absolute atomic E-state index is 0.0538. The molecule has 2 rings (SSSR count). The zero-order valence-corrected chi connectivity index (χ0v) is 21.7. The van der Waals surface area contributed by atoms with E-state index in [0.29, 0.717) is 22.8 Å². The summed E-state index contributed by atoms with van der Waals surface area (Å²) in [6, 6.07) is 12.5. The van der Waals surface area contributed by atoms with Gasteiger partial charge in [-0.1, -0.05) is 42.8 Å². The molecular formula is C24H32ClN3O5S. The number of sulfonamides is 1. The highest BCUT2D eigenvalue weighted by Crippen LogP contribution is 2.25. The number of benzene rings is 2. The molecule has 2 aromatic rings. The average molecular weight is 510 g/mol. The van der Waals surface area contributed by atoms with Crippen molar-refractivity contribution >= 4 is 39.1 Å². The van der Waals surface area contributed by atoms with Crippen LogP contribution in [0.2, 0.25) is 5.02 Å². The molecule has 0 saturated carbocycles. The molecule has 1 atom stereocenters. The van der Waals surface area contributed by atoms with E-state index in [1.165, 1.54) is 18.1 Å². The van der Waals surface area contributed by atoms with Crippen LogP contribution < -0.4 is 14.4 Å². The molecule has 8 nitrogen and oxygen atoms in total. The number of halogens is 1. The van der Waals surface area contributed by atoms with E-state index in [1.54, 1.807) is 49.4 Å². The largest absolute Gasteiger partial charge is 0.497 e. The Kier molecular flexibility index (Phi) is 9.76. The topological polar surface area (TPSA) is 96.0 Å². The summed E-state index contributed by atoms with van der Waals surface area (Å²) in [5.74, 6) is -0.390. The number of methoxy groups -OCH3 is 1. The van der Waals surface area contributed by atoms with E-state index < -0.39 is 28.5 Å². The summed E-state index contributed by atoms with van der Waals surface area (Å²) in [6.07, 6.45) is 1.37. The Morgan fingerprint density at radius 1 is 1.12 bits per heavy atom. The second-order valence-electron chi connectivity index (χ2n) is 8.17. The molecule has 0 fully saturated rings. The number of anilines is 1. The van der Waals surface area contributed by atoms with Crippen LogP contribution in [-0.2, 0) is 26.2 Å². The lowest BCUT2D eigenvalue weighted by molar-refractivity contribution is -0.140. The van der Waals surface area contributed by atoms with Gasteiger partial charge in [-0.2, -0.15) is 0 Å². The molecule has 0 unspecified atom stereocenters. The molecule has 2 amide bonds. The van der Waals surface area contributed by atoms with Gasteiger partial charge in [-0.25, -0.2) is 8.42 Å². The van der Waals surface area contributed by atoms with Crippen molar-refractivity contribution in [1.29, 1.82) is 0 Å². The molecule has 0 aliphatic carbocycles. The van der Waals surface area contributed by atoms with Gasteiger partial charge in [0, 0.05) is 23.7 Å². The molecule has 0 aromatic heterocycles. The fourth-order valence-electron chi connectivity index (χ4n) is 3.49. The Labute approximate surface area is 206 Å². The van der Waals surface area contributed by atoms with Crippen LogP contribution >= 0.6 is 11.6 Å². The lowest BCUT2D eigenvalue weighted by Crippen LogP contribution is -2.53. The molecule has 1 N–H and O–H groups in total. The number of amides is 2. The van der Waals surface area contributed by atoms with Crippen molar-refractivity contribution in [1.82, 2.24) is 10.2 Å². The summed E-state index contributed by atoms with van der Waals surface area (Å²) in [6.45, 7) is 5.03. The fraction of sp³-hybridized carbons (Fsp3) is 0.417. The highest BCUT2D eigenvalue weighted by atomic mass is 35.5. The molecule has 0 saturated heterocycles. The summed E-state index contributed by atoms with van der Waals surface area (Å²) in [4.78, 5) is 27.9. The van der Waals surface area contributed by atoms with Gasteiger partial charge in [0.25, 0.3) is 0 Å². The van der Waals surface area contributed by atoms with Crippen LogP contribution in [-0.4, -0.2) is 57.1 Å². The maximum absolute atomic E-state index is 13.6.